The predicted molar refractivity (Wildman–Crippen MR) is 111 cm³/mol. The zero-order valence-corrected chi connectivity index (χ0v) is 14.7. The maximum Gasteiger partial charge on any atom is 0.146 e. The molecule has 4 aromatic carbocycles. The fraction of sp³-hybridized carbons (Fsp3) is 0. The molecular formula is C26H16N. The standard InChI is InChI=1S/C26H16N/c1-5-13-21-17(9-1)18-10-2-6-14-22(18)25(21)27-26-23-15-7-3-11-19(23)20-12-4-8-16-24(20)26/h1-16H. The number of rotatable bonds is 1. The van der Waals surface area contributed by atoms with Gasteiger partial charge < -0.3 is 0 Å². The quantitative estimate of drug-likeness (QED) is 0.348. The highest BCUT2D eigenvalue weighted by molar-refractivity contribution is 6.25. The average molecular weight is 342 g/mol. The fourth-order valence-corrected chi connectivity index (χ4v) is 4.34. The van der Waals surface area contributed by atoms with Crippen molar-refractivity contribution in [3.05, 3.63) is 125 Å². The van der Waals surface area contributed by atoms with Crippen molar-refractivity contribution >= 4 is 5.71 Å². The predicted octanol–water partition coefficient (Wildman–Crippen LogP) is 6.11. The van der Waals surface area contributed by atoms with Crippen LogP contribution in [0.25, 0.3) is 22.3 Å². The molecular weight excluding hydrogens is 326 g/mol. The first-order chi connectivity index (χ1) is 13.4. The highest BCUT2D eigenvalue weighted by Crippen LogP contribution is 2.46. The normalized spacial score (nSPS) is 13.7. The Morgan fingerprint density at radius 3 is 1.04 bits per heavy atom. The van der Waals surface area contributed by atoms with E-state index in [-0.39, 0.29) is 0 Å². The molecule has 0 aromatic heterocycles. The second kappa shape index (κ2) is 5.52. The van der Waals surface area contributed by atoms with Gasteiger partial charge in [-0.05, 0) is 33.4 Å². The van der Waals surface area contributed by atoms with Crippen molar-refractivity contribution in [2.24, 2.45) is 4.99 Å². The van der Waals surface area contributed by atoms with Crippen molar-refractivity contribution < 1.29 is 0 Å². The number of hydrogen-bond acceptors (Lipinski definition) is 1. The molecule has 4 aromatic rings. The lowest BCUT2D eigenvalue weighted by atomic mass is 10.0. The van der Waals surface area contributed by atoms with Gasteiger partial charge in [0.1, 0.15) is 6.04 Å². The summed E-state index contributed by atoms with van der Waals surface area (Å²) >= 11 is 0. The van der Waals surface area contributed by atoms with Crippen LogP contribution in [-0.4, -0.2) is 5.71 Å². The van der Waals surface area contributed by atoms with Gasteiger partial charge in [-0.25, -0.2) is 0 Å². The monoisotopic (exact) mass is 342 g/mol. The van der Waals surface area contributed by atoms with Crippen molar-refractivity contribution in [3.63, 3.8) is 0 Å². The highest BCUT2D eigenvalue weighted by atomic mass is 14.8. The van der Waals surface area contributed by atoms with E-state index < -0.39 is 0 Å². The molecule has 0 fully saturated rings. The highest BCUT2D eigenvalue weighted by Gasteiger charge is 2.31. The summed E-state index contributed by atoms with van der Waals surface area (Å²) in [4.78, 5) is 5.27. The lowest BCUT2D eigenvalue weighted by molar-refractivity contribution is 1.17. The molecule has 0 spiro atoms. The van der Waals surface area contributed by atoms with Crippen molar-refractivity contribution in [1.82, 2.24) is 0 Å². The molecule has 1 nitrogen and oxygen atoms in total. The third kappa shape index (κ3) is 2.03. The van der Waals surface area contributed by atoms with Crippen LogP contribution >= 0.6 is 0 Å². The zero-order chi connectivity index (χ0) is 17.8. The van der Waals surface area contributed by atoms with E-state index in [0.29, 0.717) is 0 Å². The number of nitrogens with zero attached hydrogens (tertiary/aromatic N) is 1. The minimum Gasteiger partial charge on any atom is -0.264 e. The molecule has 0 aliphatic heterocycles. The van der Waals surface area contributed by atoms with Gasteiger partial charge in [0, 0.05) is 11.1 Å². The van der Waals surface area contributed by atoms with Crippen molar-refractivity contribution in [3.8, 4) is 22.3 Å². The Labute approximate surface area is 158 Å². The summed E-state index contributed by atoms with van der Waals surface area (Å²) in [6.45, 7) is 0. The second-order valence-corrected chi connectivity index (χ2v) is 6.99. The van der Waals surface area contributed by atoms with Gasteiger partial charge in [0.25, 0.3) is 0 Å². The van der Waals surface area contributed by atoms with Gasteiger partial charge in [0.15, 0.2) is 0 Å². The van der Waals surface area contributed by atoms with E-state index in [1.807, 2.05) is 0 Å². The van der Waals surface area contributed by atoms with Gasteiger partial charge in [-0.3, -0.25) is 4.99 Å². The lowest BCUT2D eigenvalue weighted by Gasteiger charge is -2.10. The van der Waals surface area contributed by atoms with E-state index in [9.17, 15) is 0 Å². The van der Waals surface area contributed by atoms with Gasteiger partial charge in [-0.15, -0.1) is 0 Å². The Balaban J connectivity index is 1.62. The molecule has 0 N–H and O–H groups in total. The molecule has 0 unspecified atom stereocenters. The Morgan fingerprint density at radius 2 is 0.630 bits per heavy atom. The summed E-state index contributed by atoms with van der Waals surface area (Å²) < 4.78 is 0. The number of hydrogen-bond donors (Lipinski definition) is 0. The number of aliphatic imine (C=N–C) groups is 1. The molecule has 27 heavy (non-hydrogen) atoms. The Hall–Kier alpha value is -3.45. The van der Waals surface area contributed by atoms with Crippen LogP contribution in [0.4, 0.5) is 0 Å². The minimum atomic E-state index is 1.07. The topological polar surface area (TPSA) is 12.4 Å². The maximum absolute atomic E-state index is 5.27. The smallest absolute Gasteiger partial charge is 0.146 e. The molecule has 125 valence electrons. The van der Waals surface area contributed by atoms with E-state index in [0.717, 1.165) is 11.8 Å². The molecule has 0 saturated carbocycles. The van der Waals surface area contributed by atoms with E-state index in [1.165, 1.54) is 44.5 Å². The maximum atomic E-state index is 5.27. The van der Waals surface area contributed by atoms with Crippen LogP contribution in [0.5, 0.6) is 0 Å². The van der Waals surface area contributed by atoms with Crippen LogP contribution in [-0.2, 0) is 0 Å². The molecule has 1 heteroatoms. The molecule has 0 amide bonds. The summed E-state index contributed by atoms with van der Waals surface area (Å²) in [5.74, 6) is 0. The van der Waals surface area contributed by atoms with E-state index in [4.69, 9.17) is 4.99 Å². The Kier molecular flexibility index (Phi) is 3.00. The van der Waals surface area contributed by atoms with Gasteiger partial charge in [-0.1, -0.05) is 97.1 Å². The van der Waals surface area contributed by atoms with E-state index >= 15 is 0 Å². The molecule has 0 bridgehead atoms. The summed E-state index contributed by atoms with van der Waals surface area (Å²) in [6.07, 6.45) is 0. The first-order valence-corrected chi connectivity index (χ1v) is 9.26. The molecule has 1 radical (unpaired) electrons. The van der Waals surface area contributed by atoms with Crippen LogP contribution in [0, 0.1) is 6.04 Å². The third-order valence-electron chi connectivity index (χ3n) is 5.53. The molecule has 6 rings (SSSR count). The van der Waals surface area contributed by atoms with Crippen LogP contribution < -0.4 is 0 Å². The lowest BCUT2D eigenvalue weighted by Crippen LogP contribution is -2.04. The van der Waals surface area contributed by atoms with E-state index in [2.05, 4.69) is 97.1 Å². The van der Waals surface area contributed by atoms with Crippen LogP contribution in [0.3, 0.4) is 0 Å². The summed E-state index contributed by atoms with van der Waals surface area (Å²) in [7, 11) is 0. The molecule has 2 aliphatic rings. The first kappa shape index (κ1) is 14.7. The van der Waals surface area contributed by atoms with Gasteiger partial charge in [-0.2, -0.15) is 0 Å². The fourth-order valence-electron chi connectivity index (χ4n) is 4.34. The molecule has 0 atom stereocenters. The minimum absolute atomic E-state index is 1.07. The summed E-state index contributed by atoms with van der Waals surface area (Å²) in [6, 6.07) is 35.4. The van der Waals surface area contributed by atoms with Crippen molar-refractivity contribution in [1.29, 1.82) is 0 Å². The Morgan fingerprint density at radius 1 is 0.333 bits per heavy atom. The van der Waals surface area contributed by atoms with Gasteiger partial charge >= 0.3 is 0 Å². The second-order valence-electron chi connectivity index (χ2n) is 6.99. The molecule has 2 aliphatic carbocycles. The molecule has 0 saturated heterocycles. The van der Waals surface area contributed by atoms with Gasteiger partial charge in [0.05, 0.1) is 5.71 Å². The summed E-state index contributed by atoms with van der Waals surface area (Å²) in [5, 5.41) is 0. The molecule has 0 heterocycles. The van der Waals surface area contributed by atoms with Crippen molar-refractivity contribution in [2.45, 2.75) is 0 Å². The SMILES string of the molecule is c1ccc2c(c1)[C](N=C1c3ccccc3-c3ccccc31)c1ccccc1-2. The zero-order valence-electron chi connectivity index (χ0n) is 14.7. The third-order valence-corrected chi connectivity index (χ3v) is 5.53. The van der Waals surface area contributed by atoms with Gasteiger partial charge in [0.2, 0.25) is 0 Å². The average Bonchev–Trinajstić information content (AvgIpc) is 3.23. The van der Waals surface area contributed by atoms with Crippen molar-refractivity contribution in [2.75, 3.05) is 0 Å². The number of benzene rings is 4. The van der Waals surface area contributed by atoms with Crippen LogP contribution in [0.15, 0.2) is 102 Å². The van der Waals surface area contributed by atoms with Crippen LogP contribution in [0.1, 0.15) is 22.3 Å². The van der Waals surface area contributed by atoms with E-state index in [1.54, 1.807) is 0 Å². The first-order valence-electron chi connectivity index (χ1n) is 9.26. The largest absolute Gasteiger partial charge is 0.264 e. The van der Waals surface area contributed by atoms with Crippen LogP contribution in [0.2, 0.25) is 0 Å². The number of fused-ring (bicyclic) bond motifs is 6. The summed E-state index contributed by atoms with van der Waals surface area (Å²) in [5.41, 5.74) is 11.0. The Bertz CT molecular complexity index is 1140.